The molecule has 0 saturated carbocycles. The third kappa shape index (κ3) is 6.53. The van der Waals surface area contributed by atoms with Crippen LogP contribution < -0.4 is 10.6 Å². The van der Waals surface area contributed by atoms with Crippen LogP contribution in [0.5, 0.6) is 0 Å². The molecule has 0 fully saturated rings. The van der Waals surface area contributed by atoms with E-state index in [2.05, 4.69) is 10.6 Å². The van der Waals surface area contributed by atoms with Crippen molar-refractivity contribution in [3.8, 4) is 0 Å². The van der Waals surface area contributed by atoms with Gasteiger partial charge < -0.3 is 10.6 Å². The fourth-order valence-electron chi connectivity index (χ4n) is 2.77. The molecule has 0 radical (unpaired) electrons. The van der Waals surface area contributed by atoms with E-state index in [4.69, 9.17) is 11.6 Å². The van der Waals surface area contributed by atoms with Crippen LogP contribution in [0.1, 0.15) is 42.2 Å². The highest BCUT2D eigenvalue weighted by molar-refractivity contribution is 7.93. The summed E-state index contributed by atoms with van der Waals surface area (Å²) >= 11 is 6.20. The number of halogens is 3. The topological polar surface area (TPSA) is 75.3 Å². The number of hydrogen-bond acceptors (Lipinski definition) is 4. The predicted octanol–water partition coefficient (Wildman–Crippen LogP) is 4.86. The monoisotopic (exact) mass is 456 g/mol. The van der Waals surface area contributed by atoms with Crippen LogP contribution >= 0.6 is 11.6 Å². The van der Waals surface area contributed by atoms with E-state index in [9.17, 15) is 22.0 Å². The van der Waals surface area contributed by atoms with Crippen LogP contribution in [0.4, 0.5) is 14.5 Å². The molecule has 9 heteroatoms. The van der Waals surface area contributed by atoms with Crippen LogP contribution in [0.15, 0.2) is 47.9 Å². The van der Waals surface area contributed by atoms with Crippen molar-refractivity contribution in [2.24, 2.45) is 0 Å². The van der Waals surface area contributed by atoms with Gasteiger partial charge in [-0.2, -0.15) is 0 Å². The minimum atomic E-state index is -3.36. The first-order chi connectivity index (χ1) is 14.0. The SMILES string of the molecule is CCC(Nc1cc(F)c(C(=O)N[C@H](C)/C=C/S(C)(=O)=O)cc1F)c1ccccc1Cl. The highest BCUT2D eigenvalue weighted by Gasteiger charge is 2.20. The summed E-state index contributed by atoms with van der Waals surface area (Å²) in [6, 6.07) is 7.76. The number of carbonyl (C=O) groups excluding carboxylic acids is 1. The fourth-order valence-corrected chi connectivity index (χ4v) is 3.56. The molecule has 0 bridgehead atoms. The van der Waals surface area contributed by atoms with E-state index in [0.717, 1.165) is 29.4 Å². The first kappa shape index (κ1) is 23.8. The molecule has 2 aromatic carbocycles. The Morgan fingerprint density at radius 1 is 1.20 bits per heavy atom. The minimum absolute atomic E-state index is 0.0964. The zero-order chi connectivity index (χ0) is 22.5. The zero-order valence-corrected chi connectivity index (χ0v) is 18.3. The lowest BCUT2D eigenvalue weighted by Gasteiger charge is -2.21. The van der Waals surface area contributed by atoms with Crippen LogP contribution in [0, 0.1) is 11.6 Å². The molecule has 2 aromatic rings. The van der Waals surface area contributed by atoms with E-state index >= 15 is 0 Å². The van der Waals surface area contributed by atoms with Crippen molar-refractivity contribution in [3.63, 3.8) is 0 Å². The number of sulfone groups is 1. The summed E-state index contributed by atoms with van der Waals surface area (Å²) in [7, 11) is -3.36. The molecule has 0 aliphatic rings. The average molecular weight is 457 g/mol. The lowest BCUT2D eigenvalue weighted by Crippen LogP contribution is -2.32. The molecular weight excluding hydrogens is 434 g/mol. The quantitative estimate of drug-likeness (QED) is 0.595. The Hall–Kier alpha value is -2.45. The van der Waals surface area contributed by atoms with Crippen LogP contribution in [-0.2, 0) is 9.84 Å². The van der Waals surface area contributed by atoms with Crippen LogP contribution in [0.25, 0.3) is 0 Å². The number of nitrogens with one attached hydrogen (secondary N) is 2. The van der Waals surface area contributed by atoms with Gasteiger partial charge in [-0.3, -0.25) is 4.79 Å². The summed E-state index contributed by atoms with van der Waals surface area (Å²) < 4.78 is 51.4. The number of benzene rings is 2. The molecule has 0 heterocycles. The molecule has 0 spiro atoms. The summed E-state index contributed by atoms with van der Waals surface area (Å²) in [5, 5.41) is 6.77. The summed E-state index contributed by atoms with van der Waals surface area (Å²) in [5.74, 6) is -2.57. The van der Waals surface area contributed by atoms with Gasteiger partial charge in [0.05, 0.1) is 17.3 Å². The van der Waals surface area contributed by atoms with Gasteiger partial charge in [0, 0.05) is 28.8 Å². The second-order valence-corrected chi connectivity index (χ2v) is 9.20. The Morgan fingerprint density at radius 3 is 2.47 bits per heavy atom. The van der Waals surface area contributed by atoms with E-state index in [1.165, 1.54) is 13.0 Å². The summed E-state index contributed by atoms with van der Waals surface area (Å²) in [4.78, 5) is 12.3. The number of anilines is 1. The molecule has 1 unspecified atom stereocenters. The molecule has 0 aliphatic heterocycles. The van der Waals surface area contributed by atoms with E-state index in [1.807, 2.05) is 6.92 Å². The second kappa shape index (κ2) is 10.0. The van der Waals surface area contributed by atoms with Crippen molar-refractivity contribution in [2.75, 3.05) is 11.6 Å². The molecule has 5 nitrogen and oxygen atoms in total. The number of hydrogen-bond donors (Lipinski definition) is 2. The highest BCUT2D eigenvalue weighted by Crippen LogP contribution is 2.30. The van der Waals surface area contributed by atoms with Gasteiger partial charge in [-0.25, -0.2) is 17.2 Å². The number of rotatable bonds is 8. The Kier molecular flexibility index (Phi) is 7.97. The van der Waals surface area contributed by atoms with Crippen molar-refractivity contribution < 1.29 is 22.0 Å². The summed E-state index contributed by atoms with van der Waals surface area (Å²) in [5.41, 5.74) is 0.166. The molecule has 162 valence electrons. The summed E-state index contributed by atoms with van der Waals surface area (Å²) in [6.07, 6.45) is 2.81. The van der Waals surface area contributed by atoms with Crippen molar-refractivity contribution in [1.29, 1.82) is 0 Å². The molecule has 2 atom stereocenters. The molecule has 2 rings (SSSR count). The van der Waals surface area contributed by atoms with Crippen molar-refractivity contribution in [3.05, 3.63) is 75.7 Å². The van der Waals surface area contributed by atoms with Gasteiger partial charge in [0.25, 0.3) is 5.91 Å². The molecular formula is C21H23ClF2N2O3S. The van der Waals surface area contributed by atoms with Gasteiger partial charge in [-0.05, 0) is 31.0 Å². The van der Waals surface area contributed by atoms with Gasteiger partial charge in [-0.1, -0.05) is 42.8 Å². The average Bonchev–Trinajstić information content (AvgIpc) is 2.66. The number of amides is 1. The van der Waals surface area contributed by atoms with Crippen LogP contribution in [0.3, 0.4) is 0 Å². The zero-order valence-electron chi connectivity index (χ0n) is 16.7. The third-order valence-electron chi connectivity index (χ3n) is 4.29. The molecule has 2 N–H and O–H groups in total. The van der Waals surface area contributed by atoms with Gasteiger partial charge >= 0.3 is 0 Å². The van der Waals surface area contributed by atoms with Crippen LogP contribution in [0.2, 0.25) is 5.02 Å². The Balaban J connectivity index is 2.21. The van der Waals surface area contributed by atoms with Crippen molar-refractivity contribution in [2.45, 2.75) is 32.4 Å². The highest BCUT2D eigenvalue weighted by atomic mass is 35.5. The minimum Gasteiger partial charge on any atom is -0.376 e. The standard InChI is InChI=1S/C21H23ClF2N2O3S/c1-4-19(14-7-5-6-8-16(14)22)26-20-12-17(23)15(11-18(20)24)21(27)25-13(2)9-10-30(3,28)29/h5-13,19,26H,4H2,1-3H3,(H,25,27)/b10-9+/t13-,19?/m1/s1. The maximum atomic E-state index is 14.6. The predicted molar refractivity (Wildman–Crippen MR) is 115 cm³/mol. The van der Waals surface area contributed by atoms with Gasteiger partial charge in [0.1, 0.15) is 11.6 Å². The lowest BCUT2D eigenvalue weighted by atomic mass is 10.0. The first-order valence-corrected chi connectivity index (χ1v) is 11.5. The maximum absolute atomic E-state index is 14.6. The second-order valence-electron chi connectivity index (χ2n) is 6.86. The van der Waals surface area contributed by atoms with E-state index in [1.54, 1.807) is 24.3 Å². The lowest BCUT2D eigenvalue weighted by molar-refractivity contribution is 0.0942. The van der Waals surface area contributed by atoms with Gasteiger partial charge in [0.15, 0.2) is 9.84 Å². The van der Waals surface area contributed by atoms with Gasteiger partial charge in [-0.15, -0.1) is 0 Å². The number of carbonyl (C=O) groups is 1. The van der Waals surface area contributed by atoms with Crippen LogP contribution in [-0.4, -0.2) is 26.6 Å². The molecule has 0 aliphatic carbocycles. The van der Waals surface area contributed by atoms with Gasteiger partial charge in [0.2, 0.25) is 0 Å². The first-order valence-electron chi connectivity index (χ1n) is 9.21. The Bertz CT molecular complexity index is 1060. The maximum Gasteiger partial charge on any atom is 0.254 e. The Morgan fingerprint density at radius 2 is 1.87 bits per heavy atom. The fraction of sp³-hybridized carbons (Fsp3) is 0.286. The summed E-state index contributed by atoms with van der Waals surface area (Å²) in [6.45, 7) is 3.39. The largest absolute Gasteiger partial charge is 0.376 e. The molecule has 0 aromatic heterocycles. The van der Waals surface area contributed by atoms with E-state index in [-0.39, 0.29) is 11.7 Å². The molecule has 0 saturated heterocycles. The molecule has 1 amide bonds. The van der Waals surface area contributed by atoms with Crippen molar-refractivity contribution >= 4 is 33.0 Å². The third-order valence-corrected chi connectivity index (χ3v) is 5.29. The Labute approximate surface area is 180 Å². The normalized spacial score (nSPS) is 13.8. The van der Waals surface area contributed by atoms with E-state index in [0.29, 0.717) is 11.4 Å². The van der Waals surface area contributed by atoms with E-state index < -0.39 is 39.0 Å². The molecule has 30 heavy (non-hydrogen) atoms. The smallest absolute Gasteiger partial charge is 0.254 e. The van der Waals surface area contributed by atoms with Crippen molar-refractivity contribution in [1.82, 2.24) is 5.32 Å².